The lowest BCUT2D eigenvalue weighted by Gasteiger charge is -2.16. The summed E-state index contributed by atoms with van der Waals surface area (Å²) in [5.74, 6) is 0. The Hall–Kier alpha value is -0.860. The highest BCUT2D eigenvalue weighted by molar-refractivity contribution is 5.21. The zero-order valence-corrected chi connectivity index (χ0v) is 12.0. The van der Waals surface area contributed by atoms with Crippen LogP contribution in [0.3, 0.4) is 0 Å². The van der Waals surface area contributed by atoms with Crippen molar-refractivity contribution in [3.05, 3.63) is 35.4 Å². The molecule has 0 unspecified atom stereocenters. The van der Waals surface area contributed by atoms with Crippen LogP contribution >= 0.6 is 0 Å². The quantitative estimate of drug-likeness (QED) is 0.679. The van der Waals surface area contributed by atoms with Crippen LogP contribution in [0.25, 0.3) is 0 Å². The molecule has 0 saturated carbocycles. The van der Waals surface area contributed by atoms with Crippen LogP contribution in [0, 0.1) is 6.92 Å². The van der Waals surface area contributed by atoms with Crippen LogP contribution in [0.15, 0.2) is 24.3 Å². The SMILES string of the molecule is Cc1cccc(CN(C)CCCCCCCN)c1. The van der Waals surface area contributed by atoms with Crippen molar-refractivity contribution in [2.24, 2.45) is 5.73 Å². The van der Waals surface area contributed by atoms with Gasteiger partial charge in [-0.1, -0.05) is 49.1 Å². The van der Waals surface area contributed by atoms with Crippen LogP contribution in [0.1, 0.15) is 43.2 Å². The molecular formula is C16H28N2. The standard InChI is InChI=1S/C16H28N2/c1-15-9-8-10-16(13-15)14-18(2)12-7-5-3-4-6-11-17/h8-10,13H,3-7,11-12,14,17H2,1-2H3. The molecule has 1 aromatic carbocycles. The second kappa shape index (κ2) is 9.12. The lowest BCUT2D eigenvalue weighted by molar-refractivity contribution is 0.316. The Bertz CT molecular complexity index is 323. The molecule has 0 bridgehead atoms. The minimum Gasteiger partial charge on any atom is -0.330 e. The fourth-order valence-electron chi connectivity index (χ4n) is 2.26. The van der Waals surface area contributed by atoms with E-state index in [0.717, 1.165) is 13.1 Å². The van der Waals surface area contributed by atoms with Gasteiger partial charge in [0.25, 0.3) is 0 Å². The van der Waals surface area contributed by atoms with Crippen molar-refractivity contribution in [3.8, 4) is 0 Å². The molecule has 0 radical (unpaired) electrons. The van der Waals surface area contributed by atoms with E-state index in [4.69, 9.17) is 5.73 Å². The fourth-order valence-corrected chi connectivity index (χ4v) is 2.26. The highest BCUT2D eigenvalue weighted by Crippen LogP contribution is 2.08. The monoisotopic (exact) mass is 248 g/mol. The number of rotatable bonds is 9. The first-order valence-electron chi connectivity index (χ1n) is 7.16. The molecule has 0 fully saturated rings. The predicted octanol–water partition coefficient (Wildman–Crippen LogP) is 3.34. The van der Waals surface area contributed by atoms with Crippen molar-refractivity contribution in [2.45, 2.75) is 45.6 Å². The number of unbranched alkanes of at least 4 members (excludes halogenated alkanes) is 4. The normalized spacial score (nSPS) is 11.1. The molecule has 0 aromatic heterocycles. The maximum Gasteiger partial charge on any atom is 0.0230 e. The van der Waals surface area contributed by atoms with Crippen LogP contribution < -0.4 is 5.73 Å². The molecule has 0 aliphatic carbocycles. The highest BCUT2D eigenvalue weighted by atomic mass is 15.1. The molecule has 2 nitrogen and oxygen atoms in total. The lowest BCUT2D eigenvalue weighted by Crippen LogP contribution is -2.19. The van der Waals surface area contributed by atoms with Gasteiger partial charge >= 0.3 is 0 Å². The van der Waals surface area contributed by atoms with E-state index in [9.17, 15) is 0 Å². The third-order valence-electron chi connectivity index (χ3n) is 3.28. The van der Waals surface area contributed by atoms with Crippen LogP contribution in [-0.4, -0.2) is 25.0 Å². The van der Waals surface area contributed by atoms with Crippen molar-refractivity contribution in [3.63, 3.8) is 0 Å². The van der Waals surface area contributed by atoms with E-state index in [-0.39, 0.29) is 0 Å². The van der Waals surface area contributed by atoms with E-state index in [1.54, 1.807) is 0 Å². The largest absolute Gasteiger partial charge is 0.330 e. The second-order valence-electron chi connectivity index (χ2n) is 5.28. The van der Waals surface area contributed by atoms with Gasteiger partial charge in [0.2, 0.25) is 0 Å². The number of benzene rings is 1. The van der Waals surface area contributed by atoms with E-state index in [2.05, 4.69) is 43.1 Å². The third kappa shape index (κ3) is 6.77. The maximum absolute atomic E-state index is 5.48. The summed E-state index contributed by atoms with van der Waals surface area (Å²) >= 11 is 0. The molecule has 1 aromatic rings. The van der Waals surface area contributed by atoms with Crippen molar-refractivity contribution in [1.29, 1.82) is 0 Å². The Kier molecular flexibility index (Phi) is 7.70. The summed E-state index contributed by atoms with van der Waals surface area (Å²) < 4.78 is 0. The van der Waals surface area contributed by atoms with E-state index < -0.39 is 0 Å². The lowest BCUT2D eigenvalue weighted by atomic mass is 10.1. The molecule has 0 saturated heterocycles. The first kappa shape index (κ1) is 15.2. The van der Waals surface area contributed by atoms with Gasteiger partial charge in [-0.05, 0) is 45.5 Å². The van der Waals surface area contributed by atoms with Gasteiger partial charge in [0.15, 0.2) is 0 Å². The summed E-state index contributed by atoms with van der Waals surface area (Å²) in [5.41, 5.74) is 8.25. The molecule has 0 aliphatic rings. The van der Waals surface area contributed by atoms with E-state index in [1.807, 2.05) is 0 Å². The van der Waals surface area contributed by atoms with Crippen LogP contribution in [0.4, 0.5) is 0 Å². The van der Waals surface area contributed by atoms with Gasteiger partial charge in [-0.2, -0.15) is 0 Å². The summed E-state index contributed by atoms with van der Waals surface area (Å²) in [4.78, 5) is 2.41. The number of nitrogens with two attached hydrogens (primary N) is 1. The molecule has 2 N–H and O–H groups in total. The van der Waals surface area contributed by atoms with Gasteiger partial charge in [0.1, 0.15) is 0 Å². The minimum atomic E-state index is 0.841. The molecule has 1 rings (SSSR count). The van der Waals surface area contributed by atoms with Crippen LogP contribution in [0.5, 0.6) is 0 Å². The predicted molar refractivity (Wildman–Crippen MR) is 79.7 cm³/mol. The Morgan fingerprint density at radius 1 is 1.06 bits per heavy atom. The molecule has 0 amide bonds. The average molecular weight is 248 g/mol. The first-order valence-corrected chi connectivity index (χ1v) is 7.16. The van der Waals surface area contributed by atoms with E-state index in [1.165, 1.54) is 49.8 Å². The molecule has 18 heavy (non-hydrogen) atoms. The molecule has 2 heteroatoms. The topological polar surface area (TPSA) is 29.3 Å². The Labute approximate surface area is 112 Å². The zero-order valence-electron chi connectivity index (χ0n) is 12.0. The number of nitrogens with zero attached hydrogens (tertiary/aromatic N) is 1. The fraction of sp³-hybridized carbons (Fsp3) is 0.625. The summed E-state index contributed by atoms with van der Waals surface area (Å²) in [5, 5.41) is 0. The van der Waals surface area contributed by atoms with Gasteiger partial charge in [-0.15, -0.1) is 0 Å². The molecule has 0 atom stereocenters. The van der Waals surface area contributed by atoms with Crippen molar-refractivity contribution in [2.75, 3.05) is 20.1 Å². The molecular weight excluding hydrogens is 220 g/mol. The number of hydrogen-bond acceptors (Lipinski definition) is 2. The first-order chi connectivity index (χ1) is 8.72. The third-order valence-corrected chi connectivity index (χ3v) is 3.28. The van der Waals surface area contributed by atoms with Gasteiger partial charge in [0, 0.05) is 6.54 Å². The van der Waals surface area contributed by atoms with Gasteiger partial charge in [-0.3, -0.25) is 0 Å². The molecule has 0 spiro atoms. The van der Waals surface area contributed by atoms with Gasteiger partial charge in [-0.25, -0.2) is 0 Å². The molecule has 0 aliphatic heterocycles. The maximum atomic E-state index is 5.48. The summed E-state index contributed by atoms with van der Waals surface area (Å²) in [6.45, 7) is 5.25. The van der Waals surface area contributed by atoms with E-state index >= 15 is 0 Å². The number of hydrogen-bond donors (Lipinski definition) is 1. The average Bonchev–Trinajstić information content (AvgIpc) is 2.33. The molecule has 0 heterocycles. The number of aryl methyl sites for hydroxylation is 1. The summed E-state index contributed by atoms with van der Waals surface area (Å²) in [6, 6.07) is 8.79. The summed E-state index contributed by atoms with van der Waals surface area (Å²) in [6.07, 6.45) is 6.43. The molecule has 102 valence electrons. The van der Waals surface area contributed by atoms with Crippen LogP contribution in [-0.2, 0) is 6.54 Å². The van der Waals surface area contributed by atoms with Crippen molar-refractivity contribution in [1.82, 2.24) is 4.90 Å². The van der Waals surface area contributed by atoms with Crippen molar-refractivity contribution < 1.29 is 0 Å². The minimum absolute atomic E-state index is 0.841. The zero-order chi connectivity index (χ0) is 13.2. The van der Waals surface area contributed by atoms with Crippen molar-refractivity contribution >= 4 is 0 Å². The van der Waals surface area contributed by atoms with Crippen LogP contribution in [0.2, 0.25) is 0 Å². The second-order valence-corrected chi connectivity index (χ2v) is 5.28. The highest BCUT2D eigenvalue weighted by Gasteiger charge is 2.00. The Morgan fingerprint density at radius 3 is 2.50 bits per heavy atom. The Balaban J connectivity index is 2.12. The summed E-state index contributed by atoms with van der Waals surface area (Å²) in [7, 11) is 2.21. The smallest absolute Gasteiger partial charge is 0.0230 e. The van der Waals surface area contributed by atoms with E-state index in [0.29, 0.717) is 0 Å². The van der Waals surface area contributed by atoms with Gasteiger partial charge < -0.3 is 10.6 Å². The van der Waals surface area contributed by atoms with Gasteiger partial charge in [0.05, 0.1) is 0 Å². The Morgan fingerprint density at radius 2 is 1.78 bits per heavy atom.